The normalized spacial score (nSPS) is 25.9. The van der Waals surface area contributed by atoms with Crippen LogP contribution >= 0.6 is 23.5 Å². The van der Waals surface area contributed by atoms with E-state index >= 15 is 0 Å². The van der Waals surface area contributed by atoms with Crippen molar-refractivity contribution in [3.8, 4) is 0 Å². The number of thioether (sulfide) groups is 2. The van der Waals surface area contributed by atoms with Gasteiger partial charge < -0.3 is 15.6 Å². The van der Waals surface area contributed by atoms with Crippen molar-refractivity contribution in [2.45, 2.75) is 35.6 Å². The molecule has 6 nitrogen and oxygen atoms in total. The van der Waals surface area contributed by atoms with Crippen molar-refractivity contribution in [3.05, 3.63) is 0 Å². The number of carboxylic acid groups (broad SMARTS) is 1. The van der Waals surface area contributed by atoms with Crippen LogP contribution in [0.4, 0.5) is 0 Å². The van der Waals surface area contributed by atoms with Crippen LogP contribution in [0, 0.1) is 0 Å². The minimum Gasteiger partial charge on any atom is -0.480 e. The highest BCUT2D eigenvalue weighted by molar-refractivity contribution is 8.04. The molecule has 1 saturated carbocycles. The standard InChI is InChI=1S/C10H18N2O4S2/c11-6(10(14)15)3-17-7-1-2-8(7)18-4-9(12)16-5-13/h5-9H,1-4,11-12H2,(H,14,15). The van der Waals surface area contributed by atoms with Crippen molar-refractivity contribution in [3.63, 3.8) is 0 Å². The summed E-state index contributed by atoms with van der Waals surface area (Å²) in [7, 11) is 0. The van der Waals surface area contributed by atoms with Gasteiger partial charge in [0.2, 0.25) is 0 Å². The van der Waals surface area contributed by atoms with Crippen LogP contribution in [-0.2, 0) is 14.3 Å². The first kappa shape index (κ1) is 15.6. The molecule has 0 aromatic rings. The Morgan fingerprint density at radius 1 is 1.33 bits per heavy atom. The summed E-state index contributed by atoms with van der Waals surface area (Å²) in [4.78, 5) is 20.6. The molecule has 1 aliphatic carbocycles. The summed E-state index contributed by atoms with van der Waals surface area (Å²) in [6.45, 7) is 0.351. The van der Waals surface area contributed by atoms with Crippen LogP contribution in [-0.4, -0.2) is 51.8 Å². The second-order valence-electron chi connectivity index (χ2n) is 4.04. The van der Waals surface area contributed by atoms with Gasteiger partial charge in [-0.25, -0.2) is 0 Å². The molecule has 104 valence electrons. The van der Waals surface area contributed by atoms with Crippen LogP contribution in [0.2, 0.25) is 0 Å². The molecule has 0 spiro atoms. The quantitative estimate of drug-likeness (QED) is 0.397. The summed E-state index contributed by atoms with van der Waals surface area (Å²) in [5.74, 6) is 0.0202. The molecule has 4 atom stereocenters. The fourth-order valence-corrected chi connectivity index (χ4v) is 4.34. The first-order valence-electron chi connectivity index (χ1n) is 5.61. The molecule has 0 radical (unpaired) electrons. The zero-order valence-electron chi connectivity index (χ0n) is 9.86. The molecule has 4 unspecified atom stereocenters. The summed E-state index contributed by atoms with van der Waals surface area (Å²) in [5.41, 5.74) is 11.0. The number of carboxylic acids is 1. The van der Waals surface area contributed by atoms with Crippen LogP contribution in [0.5, 0.6) is 0 Å². The van der Waals surface area contributed by atoms with Crippen molar-refractivity contribution in [2.75, 3.05) is 11.5 Å². The summed E-state index contributed by atoms with van der Waals surface area (Å²) < 4.78 is 4.60. The zero-order valence-corrected chi connectivity index (χ0v) is 11.5. The molecule has 1 aliphatic rings. The van der Waals surface area contributed by atoms with Crippen LogP contribution < -0.4 is 11.5 Å². The van der Waals surface area contributed by atoms with Crippen LogP contribution in [0.3, 0.4) is 0 Å². The molecule has 0 heterocycles. The lowest BCUT2D eigenvalue weighted by Gasteiger charge is -2.36. The van der Waals surface area contributed by atoms with Gasteiger partial charge in [0.25, 0.3) is 6.47 Å². The minimum absolute atomic E-state index is 0.351. The molecule has 0 aliphatic heterocycles. The van der Waals surface area contributed by atoms with Crippen molar-refractivity contribution in [2.24, 2.45) is 11.5 Å². The first-order chi connectivity index (χ1) is 8.54. The lowest BCUT2D eigenvalue weighted by molar-refractivity contribution is -0.138. The molecule has 0 aromatic carbocycles. The van der Waals surface area contributed by atoms with E-state index in [-0.39, 0.29) is 0 Å². The molecule has 5 N–H and O–H groups in total. The predicted molar refractivity (Wildman–Crippen MR) is 72.5 cm³/mol. The topological polar surface area (TPSA) is 116 Å². The maximum Gasteiger partial charge on any atom is 0.321 e. The fraction of sp³-hybridized carbons (Fsp3) is 0.800. The Hall–Kier alpha value is -0.440. The predicted octanol–water partition coefficient (Wildman–Crippen LogP) is -0.147. The van der Waals surface area contributed by atoms with Gasteiger partial charge in [0, 0.05) is 22.0 Å². The Balaban J connectivity index is 2.16. The molecule has 1 fully saturated rings. The lowest BCUT2D eigenvalue weighted by atomic mass is 9.99. The first-order valence-corrected chi connectivity index (χ1v) is 7.70. The summed E-state index contributed by atoms with van der Waals surface area (Å²) in [5, 5.41) is 9.54. The lowest BCUT2D eigenvalue weighted by Crippen LogP contribution is -2.38. The van der Waals surface area contributed by atoms with Gasteiger partial charge in [0.05, 0.1) is 0 Å². The third-order valence-corrected chi connectivity index (χ3v) is 5.89. The molecule has 8 heteroatoms. The number of nitrogens with two attached hydrogens (primary N) is 2. The third kappa shape index (κ3) is 5.05. The molecule has 0 aromatic heterocycles. The Bertz CT molecular complexity index is 293. The number of aliphatic carboxylic acids is 1. The van der Waals surface area contributed by atoms with E-state index in [4.69, 9.17) is 16.6 Å². The Labute approximate surface area is 114 Å². The smallest absolute Gasteiger partial charge is 0.321 e. The van der Waals surface area contributed by atoms with Gasteiger partial charge >= 0.3 is 5.97 Å². The number of ether oxygens (including phenoxy) is 1. The van der Waals surface area contributed by atoms with E-state index in [2.05, 4.69) is 4.74 Å². The SMILES string of the molecule is NC(CSC1CCC1SCC(N)C(=O)O)OC=O. The molecule has 1 rings (SSSR count). The van der Waals surface area contributed by atoms with Gasteiger partial charge in [0.1, 0.15) is 6.04 Å². The van der Waals surface area contributed by atoms with Crippen molar-refractivity contribution < 1.29 is 19.4 Å². The number of hydrogen-bond donors (Lipinski definition) is 3. The molecule has 0 saturated heterocycles. The van der Waals surface area contributed by atoms with Gasteiger partial charge in [-0.15, -0.1) is 0 Å². The highest BCUT2D eigenvalue weighted by Crippen LogP contribution is 2.40. The Morgan fingerprint density at radius 3 is 2.33 bits per heavy atom. The van der Waals surface area contributed by atoms with Gasteiger partial charge in [-0.3, -0.25) is 15.3 Å². The van der Waals surface area contributed by atoms with E-state index in [1.165, 1.54) is 0 Å². The van der Waals surface area contributed by atoms with Gasteiger partial charge in [0.15, 0.2) is 6.23 Å². The number of rotatable bonds is 9. The average molecular weight is 294 g/mol. The van der Waals surface area contributed by atoms with Gasteiger partial charge in [-0.2, -0.15) is 23.5 Å². The number of hydrogen-bond acceptors (Lipinski definition) is 7. The second-order valence-corrected chi connectivity index (χ2v) is 6.58. The zero-order chi connectivity index (χ0) is 13.5. The van der Waals surface area contributed by atoms with Crippen molar-refractivity contribution >= 4 is 36.0 Å². The summed E-state index contributed by atoms with van der Waals surface area (Å²) >= 11 is 3.26. The fourth-order valence-electron chi connectivity index (χ4n) is 1.45. The van der Waals surface area contributed by atoms with E-state index < -0.39 is 18.2 Å². The van der Waals surface area contributed by atoms with Crippen LogP contribution in [0.15, 0.2) is 0 Å². The number of carbonyl (C=O) groups is 2. The van der Waals surface area contributed by atoms with Gasteiger partial charge in [-0.05, 0) is 12.8 Å². The average Bonchev–Trinajstić information content (AvgIpc) is 2.27. The molecule has 18 heavy (non-hydrogen) atoms. The Kier molecular flexibility index (Phi) is 6.83. The highest BCUT2D eigenvalue weighted by atomic mass is 32.2. The van der Waals surface area contributed by atoms with E-state index in [9.17, 15) is 9.59 Å². The maximum absolute atomic E-state index is 10.6. The number of carbonyl (C=O) groups excluding carboxylic acids is 1. The summed E-state index contributed by atoms with van der Waals surface area (Å²) in [6, 6.07) is -0.804. The molecular weight excluding hydrogens is 276 g/mol. The van der Waals surface area contributed by atoms with E-state index in [0.29, 0.717) is 28.5 Å². The van der Waals surface area contributed by atoms with E-state index in [1.54, 1.807) is 23.5 Å². The monoisotopic (exact) mass is 294 g/mol. The summed E-state index contributed by atoms with van der Waals surface area (Å²) in [6.07, 6.45) is 1.58. The highest BCUT2D eigenvalue weighted by Gasteiger charge is 2.32. The van der Waals surface area contributed by atoms with E-state index in [0.717, 1.165) is 12.8 Å². The van der Waals surface area contributed by atoms with Crippen molar-refractivity contribution in [1.82, 2.24) is 0 Å². The van der Waals surface area contributed by atoms with Crippen LogP contribution in [0.25, 0.3) is 0 Å². The minimum atomic E-state index is -0.965. The second kappa shape index (κ2) is 7.88. The molecule has 0 bridgehead atoms. The Morgan fingerprint density at radius 2 is 1.89 bits per heavy atom. The molecule has 0 amide bonds. The maximum atomic E-state index is 10.6. The van der Waals surface area contributed by atoms with Crippen LogP contribution in [0.1, 0.15) is 12.8 Å². The van der Waals surface area contributed by atoms with Crippen molar-refractivity contribution in [1.29, 1.82) is 0 Å². The van der Waals surface area contributed by atoms with Gasteiger partial charge in [-0.1, -0.05) is 0 Å². The third-order valence-electron chi connectivity index (χ3n) is 2.66. The largest absolute Gasteiger partial charge is 0.480 e. The molecular formula is C10H18N2O4S2. The van der Waals surface area contributed by atoms with E-state index in [1.807, 2.05) is 0 Å².